The number of amides is 1. The van der Waals surface area contributed by atoms with E-state index in [2.05, 4.69) is 10.4 Å². The monoisotopic (exact) mass is 256 g/mol. The SMILES string of the molecule is Nc1ccnn1C(=O)NC1(c2ccccc2)CCC1. The minimum Gasteiger partial charge on any atom is -0.383 e. The third kappa shape index (κ3) is 1.97. The molecular formula is C14H16N4O. The number of nitrogens with zero attached hydrogens (tertiary/aromatic N) is 2. The average Bonchev–Trinajstić information content (AvgIpc) is 2.81. The van der Waals surface area contributed by atoms with Crippen LogP contribution in [0.25, 0.3) is 0 Å². The first-order chi connectivity index (χ1) is 9.21. The molecule has 0 radical (unpaired) electrons. The Kier molecular flexibility index (Phi) is 2.74. The summed E-state index contributed by atoms with van der Waals surface area (Å²) in [5, 5.41) is 7.00. The molecule has 1 aliphatic carbocycles. The molecule has 3 rings (SSSR count). The van der Waals surface area contributed by atoms with Crippen LogP contribution in [0.5, 0.6) is 0 Å². The summed E-state index contributed by atoms with van der Waals surface area (Å²) in [7, 11) is 0. The lowest BCUT2D eigenvalue weighted by Crippen LogP contribution is -2.52. The summed E-state index contributed by atoms with van der Waals surface area (Å²) in [4.78, 5) is 12.2. The number of hydrogen-bond donors (Lipinski definition) is 2. The van der Waals surface area contributed by atoms with Crippen molar-refractivity contribution in [2.45, 2.75) is 24.8 Å². The lowest BCUT2D eigenvalue weighted by molar-refractivity contribution is 0.177. The Morgan fingerprint density at radius 2 is 2.00 bits per heavy atom. The van der Waals surface area contributed by atoms with Crippen LogP contribution in [0.3, 0.4) is 0 Å². The van der Waals surface area contributed by atoms with Crippen LogP contribution in [0.1, 0.15) is 24.8 Å². The Morgan fingerprint density at radius 3 is 2.53 bits per heavy atom. The molecule has 0 aliphatic heterocycles. The second kappa shape index (κ2) is 4.42. The molecule has 98 valence electrons. The number of carbonyl (C=O) groups excluding carboxylic acids is 1. The molecule has 1 fully saturated rings. The van der Waals surface area contributed by atoms with E-state index in [1.807, 2.05) is 30.3 Å². The molecule has 19 heavy (non-hydrogen) atoms. The Labute approximate surface area is 111 Å². The Bertz CT molecular complexity index is 587. The number of hydrogen-bond acceptors (Lipinski definition) is 3. The lowest BCUT2D eigenvalue weighted by atomic mass is 9.72. The summed E-state index contributed by atoms with van der Waals surface area (Å²) >= 11 is 0. The van der Waals surface area contributed by atoms with Gasteiger partial charge in [0.15, 0.2) is 0 Å². The molecule has 2 aromatic rings. The Hall–Kier alpha value is -2.30. The quantitative estimate of drug-likeness (QED) is 0.864. The number of rotatable bonds is 2. The fourth-order valence-electron chi connectivity index (χ4n) is 2.51. The van der Waals surface area contributed by atoms with Gasteiger partial charge < -0.3 is 11.1 Å². The third-order valence-corrected chi connectivity index (χ3v) is 3.74. The number of nitrogen functional groups attached to an aromatic ring is 1. The molecule has 5 heteroatoms. The highest BCUT2D eigenvalue weighted by Gasteiger charge is 2.40. The van der Waals surface area contributed by atoms with Crippen LogP contribution in [0.15, 0.2) is 42.6 Å². The first kappa shape index (κ1) is 11.8. The molecule has 0 saturated heterocycles. The summed E-state index contributed by atoms with van der Waals surface area (Å²) in [5.74, 6) is 0.347. The van der Waals surface area contributed by atoms with E-state index in [1.165, 1.54) is 10.9 Å². The highest BCUT2D eigenvalue weighted by atomic mass is 16.2. The molecule has 3 N–H and O–H groups in total. The fourth-order valence-corrected chi connectivity index (χ4v) is 2.51. The maximum atomic E-state index is 12.2. The number of nitrogens with two attached hydrogens (primary N) is 1. The molecule has 1 aromatic carbocycles. The van der Waals surface area contributed by atoms with Crippen LogP contribution in [-0.4, -0.2) is 15.8 Å². The van der Waals surface area contributed by atoms with Crippen molar-refractivity contribution in [1.82, 2.24) is 15.1 Å². The van der Waals surface area contributed by atoms with Crippen molar-refractivity contribution in [3.05, 3.63) is 48.2 Å². The van der Waals surface area contributed by atoms with E-state index in [0.717, 1.165) is 24.8 Å². The molecule has 5 nitrogen and oxygen atoms in total. The molecule has 0 bridgehead atoms. The van der Waals surface area contributed by atoms with Crippen LogP contribution in [0.4, 0.5) is 10.6 Å². The molecule has 0 spiro atoms. The van der Waals surface area contributed by atoms with Crippen LogP contribution < -0.4 is 11.1 Å². The summed E-state index contributed by atoms with van der Waals surface area (Å²) in [6.45, 7) is 0. The Morgan fingerprint density at radius 1 is 1.26 bits per heavy atom. The molecule has 0 atom stereocenters. The van der Waals surface area contributed by atoms with Gasteiger partial charge in [0.25, 0.3) is 0 Å². The van der Waals surface area contributed by atoms with Crippen molar-refractivity contribution in [3.63, 3.8) is 0 Å². The van der Waals surface area contributed by atoms with Gasteiger partial charge in [-0.25, -0.2) is 4.79 Å². The second-order valence-electron chi connectivity index (χ2n) is 4.90. The standard InChI is InChI=1S/C14H16N4O/c15-12-7-10-16-18(12)13(19)17-14(8-4-9-14)11-5-2-1-3-6-11/h1-3,5-7,10H,4,8-9,15H2,(H,17,19). The molecule has 1 amide bonds. The molecular weight excluding hydrogens is 240 g/mol. The zero-order valence-electron chi connectivity index (χ0n) is 10.5. The van der Waals surface area contributed by atoms with Crippen molar-refractivity contribution in [2.24, 2.45) is 0 Å². The van der Waals surface area contributed by atoms with Gasteiger partial charge in [-0.05, 0) is 24.8 Å². The van der Waals surface area contributed by atoms with Crippen molar-refractivity contribution < 1.29 is 4.79 Å². The summed E-state index contributed by atoms with van der Waals surface area (Å²) in [5.41, 5.74) is 6.57. The van der Waals surface area contributed by atoms with Crippen molar-refractivity contribution in [2.75, 3.05) is 5.73 Å². The van der Waals surface area contributed by atoms with Gasteiger partial charge in [-0.1, -0.05) is 30.3 Å². The van der Waals surface area contributed by atoms with E-state index in [0.29, 0.717) is 5.82 Å². The minimum absolute atomic E-state index is 0.267. The predicted octanol–water partition coefficient (Wildman–Crippen LogP) is 2.10. The summed E-state index contributed by atoms with van der Waals surface area (Å²) in [6, 6.07) is 11.4. The smallest absolute Gasteiger partial charge is 0.344 e. The first-order valence-electron chi connectivity index (χ1n) is 6.39. The van der Waals surface area contributed by atoms with Crippen molar-refractivity contribution >= 4 is 11.8 Å². The van der Waals surface area contributed by atoms with Crippen molar-refractivity contribution in [1.29, 1.82) is 0 Å². The van der Waals surface area contributed by atoms with Crippen LogP contribution in [0, 0.1) is 0 Å². The van der Waals surface area contributed by atoms with E-state index >= 15 is 0 Å². The van der Waals surface area contributed by atoms with Gasteiger partial charge in [0, 0.05) is 6.07 Å². The van der Waals surface area contributed by atoms with E-state index < -0.39 is 0 Å². The van der Waals surface area contributed by atoms with E-state index in [-0.39, 0.29) is 11.6 Å². The van der Waals surface area contributed by atoms with E-state index in [9.17, 15) is 4.79 Å². The fraction of sp³-hybridized carbons (Fsp3) is 0.286. The van der Waals surface area contributed by atoms with Crippen LogP contribution >= 0.6 is 0 Å². The van der Waals surface area contributed by atoms with E-state index in [1.54, 1.807) is 6.07 Å². The number of benzene rings is 1. The average molecular weight is 256 g/mol. The van der Waals surface area contributed by atoms with Gasteiger partial charge in [0.1, 0.15) is 5.82 Å². The van der Waals surface area contributed by atoms with Crippen LogP contribution in [0.2, 0.25) is 0 Å². The highest BCUT2D eigenvalue weighted by molar-refractivity contribution is 5.80. The summed E-state index contributed by atoms with van der Waals surface area (Å²) in [6.07, 6.45) is 4.53. The zero-order chi connectivity index (χ0) is 13.3. The topological polar surface area (TPSA) is 72.9 Å². The number of anilines is 1. The maximum absolute atomic E-state index is 12.2. The first-order valence-corrected chi connectivity index (χ1v) is 6.39. The van der Waals surface area contributed by atoms with Gasteiger partial charge in [-0.3, -0.25) is 0 Å². The summed E-state index contributed by atoms with van der Waals surface area (Å²) < 4.78 is 1.20. The Balaban J connectivity index is 1.85. The number of nitrogens with one attached hydrogen (secondary N) is 1. The number of carbonyl (C=O) groups is 1. The van der Waals surface area contributed by atoms with Crippen molar-refractivity contribution in [3.8, 4) is 0 Å². The van der Waals surface area contributed by atoms with Gasteiger partial charge in [-0.15, -0.1) is 0 Å². The molecule has 1 heterocycles. The predicted molar refractivity (Wildman–Crippen MR) is 72.5 cm³/mol. The molecule has 1 aliphatic rings. The molecule has 1 saturated carbocycles. The minimum atomic E-state index is -0.272. The second-order valence-corrected chi connectivity index (χ2v) is 4.90. The molecule has 1 aromatic heterocycles. The van der Waals surface area contributed by atoms with Gasteiger partial charge in [0.05, 0.1) is 11.7 Å². The van der Waals surface area contributed by atoms with Gasteiger partial charge >= 0.3 is 6.03 Å². The maximum Gasteiger partial charge on any atom is 0.344 e. The van der Waals surface area contributed by atoms with Gasteiger partial charge in [-0.2, -0.15) is 9.78 Å². The normalized spacial score (nSPS) is 16.6. The lowest BCUT2D eigenvalue weighted by Gasteiger charge is -2.42. The third-order valence-electron chi connectivity index (χ3n) is 3.74. The van der Waals surface area contributed by atoms with E-state index in [4.69, 9.17) is 5.73 Å². The van der Waals surface area contributed by atoms with Gasteiger partial charge in [0.2, 0.25) is 0 Å². The number of aromatic nitrogens is 2. The molecule has 0 unspecified atom stereocenters. The highest BCUT2D eigenvalue weighted by Crippen LogP contribution is 2.41. The van der Waals surface area contributed by atoms with Crippen LogP contribution in [-0.2, 0) is 5.54 Å². The largest absolute Gasteiger partial charge is 0.383 e. The zero-order valence-corrected chi connectivity index (χ0v) is 10.5.